The summed E-state index contributed by atoms with van der Waals surface area (Å²) >= 11 is 0. The molecule has 0 atom stereocenters. The number of hydrogen-bond donors (Lipinski definition) is 2. The second kappa shape index (κ2) is 7.59. The number of nitro groups is 1. The third-order valence-electron chi connectivity index (χ3n) is 3.57. The number of carbonyl (C=O) groups excluding carboxylic acids is 1. The number of carbonyl (C=O) groups is 2. The molecule has 138 valence electrons. The Labute approximate surface area is 147 Å². The molecule has 1 aromatic carbocycles. The molecule has 2 aromatic rings. The number of rotatable bonds is 7. The lowest BCUT2D eigenvalue weighted by molar-refractivity contribution is -0.385. The quantitative estimate of drug-likeness (QED) is 0.542. The molecule has 2 rings (SSSR count). The number of methoxy groups -OCH3 is 2. The summed E-state index contributed by atoms with van der Waals surface area (Å²) in [5.74, 6) is -1.76. The minimum absolute atomic E-state index is 0.00726. The van der Waals surface area contributed by atoms with E-state index in [9.17, 15) is 19.7 Å². The molecule has 0 saturated carbocycles. The first-order valence-electron chi connectivity index (χ1n) is 7.37. The van der Waals surface area contributed by atoms with E-state index in [-0.39, 0.29) is 52.6 Å². The molecule has 0 aliphatic carbocycles. The number of nitrogens with one attached hydrogen (secondary N) is 1. The molecule has 0 bridgehead atoms. The number of nitrogens with zero attached hydrogens (tertiary/aromatic N) is 3. The molecular formula is C15H16N4O7. The normalized spacial score (nSPS) is 10.4. The maximum Gasteiger partial charge on any atom is 0.305 e. The van der Waals surface area contributed by atoms with Crippen molar-refractivity contribution < 1.29 is 29.1 Å². The number of fused-ring (bicyclic) bond motifs is 1. The minimum atomic E-state index is -1.09. The number of hydrogen-bond acceptors (Lipinski definition) is 8. The number of aromatic nitrogens is 2. The number of nitro benzene ring substituents is 1. The van der Waals surface area contributed by atoms with Crippen molar-refractivity contribution in [1.82, 2.24) is 15.3 Å². The van der Waals surface area contributed by atoms with Gasteiger partial charge in [-0.15, -0.1) is 0 Å². The van der Waals surface area contributed by atoms with E-state index in [2.05, 4.69) is 15.3 Å². The van der Waals surface area contributed by atoms with Gasteiger partial charge in [-0.1, -0.05) is 0 Å². The maximum absolute atomic E-state index is 12.5. The lowest BCUT2D eigenvalue weighted by atomic mass is 10.0. The van der Waals surface area contributed by atoms with E-state index in [1.165, 1.54) is 27.2 Å². The summed E-state index contributed by atoms with van der Waals surface area (Å²) in [6.07, 6.45) is -0.291. The molecule has 26 heavy (non-hydrogen) atoms. The van der Waals surface area contributed by atoms with Crippen LogP contribution in [0.3, 0.4) is 0 Å². The van der Waals surface area contributed by atoms with E-state index in [1.807, 2.05) is 0 Å². The van der Waals surface area contributed by atoms with Crippen LogP contribution in [0.1, 0.15) is 22.3 Å². The fourth-order valence-corrected chi connectivity index (χ4v) is 2.35. The number of amides is 1. The second-order valence-electron chi connectivity index (χ2n) is 5.16. The summed E-state index contributed by atoms with van der Waals surface area (Å²) in [5.41, 5.74) is -0.158. The molecule has 0 fully saturated rings. The van der Waals surface area contributed by atoms with E-state index in [1.54, 1.807) is 0 Å². The minimum Gasteiger partial charge on any atom is -0.481 e. The molecule has 0 aliphatic rings. The molecule has 0 radical (unpaired) electrons. The molecule has 11 nitrogen and oxygen atoms in total. The molecule has 1 amide bonds. The number of benzene rings is 1. The number of ether oxygens (including phenoxy) is 2. The molecule has 0 unspecified atom stereocenters. The third kappa shape index (κ3) is 3.61. The Morgan fingerprint density at radius 2 is 1.88 bits per heavy atom. The van der Waals surface area contributed by atoms with Crippen LogP contribution in [0.5, 0.6) is 11.8 Å². The summed E-state index contributed by atoms with van der Waals surface area (Å²) in [6.45, 7) is 1.26. The van der Waals surface area contributed by atoms with Crippen LogP contribution in [-0.4, -0.2) is 52.6 Å². The molecule has 0 spiro atoms. The van der Waals surface area contributed by atoms with E-state index in [0.29, 0.717) is 0 Å². The van der Waals surface area contributed by atoms with Crippen molar-refractivity contribution in [1.29, 1.82) is 0 Å². The highest BCUT2D eigenvalue weighted by Crippen LogP contribution is 2.32. The molecule has 11 heteroatoms. The van der Waals surface area contributed by atoms with Crippen molar-refractivity contribution in [3.05, 3.63) is 27.3 Å². The topological polar surface area (TPSA) is 154 Å². The molecular weight excluding hydrogens is 348 g/mol. The highest BCUT2D eigenvalue weighted by atomic mass is 16.6. The predicted octanol–water partition coefficient (Wildman–Crippen LogP) is 1.07. The van der Waals surface area contributed by atoms with Gasteiger partial charge in [0.25, 0.3) is 23.4 Å². The van der Waals surface area contributed by atoms with E-state index in [0.717, 1.165) is 0 Å². The third-order valence-corrected chi connectivity index (χ3v) is 3.57. The second-order valence-corrected chi connectivity index (χ2v) is 5.16. The van der Waals surface area contributed by atoms with Gasteiger partial charge in [0.2, 0.25) is 0 Å². The molecule has 2 N–H and O–H groups in total. The number of aliphatic carboxylic acids is 1. The summed E-state index contributed by atoms with van der Waals surface area (Å²) in [5, 5.41) is 22.4. The SMILES string of the molecule is COc1nc2cc([N+](=O)[O-])c(C)c(C(=O)NCCC(=O)O)c2nc1OC. The molecule has 1 heterocycles. The number of carboxylic acid groups (broad SMARTS) is 1. The van der Waals surface area contributed by atoms with Crippen molar-refractivity contribution in [2.24, 2.45) is 0 Å². The Morgan fingerprint density at radius 1 is 1.27 bits per heavy atom. The first-order chi connectivity index (χ1) is 12.3. The van der Waals surface area contributed by atoms with Gasteiger partial charge >= 0.3 is 5.97 Å². The van der Waals surface area contributed by atoms with Gasteiger partial charge in [-0.3, -0.25) is 19.7 Å². The Balaban J connectivity index is 2.67. The van der Waals surface area contributed by atoms with Gasteiger partial charge < -0.3 is 19.9 Å². The smallest absolute Gasteiger partial charge is 0.305 e. The highest BCUT2D eigenvalue weighted by Gasteiger charge is 2.25. The summed E-state index contributed by atoms with van der Waals surface area (Å²) in [6, 6.07) is 1.19. The van der Waals surface area contributed by atoms with E-state index in [4.69, 9.17) is 14.6 Å². The van der Waals surface area contributed by atoms with Crippen LogP contribution in [0.2, 0.25) is 0 Å². The van der Waals surface area contributed by atoms with Crippen molar-refractivity contribution in [3.8, 4) is 11.8 Å². The zero-order valence-corrected chi connectivity index (χ0v) is 14.2. The maximum atomic E-state index is 12.5. The monoisotopic (exact) mass is 364 g/mol. The summed E-state index contributed by atoms with van der Waals surface area (Å²) < 4.78 is 10.1. The van der Waals surface area contributed by atoms with E-state index < -0.39 is 16.8 Å². The van der Waals surface area contributed by atoms with Crippen LogP contribution in [0, 0.1) is 17.0 Å². The van der Waals surface area contributed by atoms with Gasteiger partial charge in [0.05, 0.1) is 31.1 Å². The Kier molecular flexibility index (Phi) is 5.50. The Bertz CT molecular complexity index is 897. The molecule has 0 saturated heterocycles. The summed E-state index contributed by atoms with van der Waals surface area (Å²) in [4.78, 5) is 42.1. The van der Waals surface area contributed by atoms with Gasteiger partial charge in [-0.25, -0.2) is 9.97 Å². The van der Waals surface area contributed by atoms with Gasteiger partial charge in [0, 0.05) is 18.2 Å². The van der Waals surface area contributed by atoms with Crippen molar-refractivity contribution in [2.45, 2.75) is 13.3 Å². The van der Waals surface area contributed by atoms with Gasteiger partial charge in [-0.05, 0) is 6.92 Å². The molecule has 0 aliphatic heterocycles. The van der Waals surface area contributed by atoms with Crippen LogP contribution in [0.25, 0.3) is 11.0 Å². The first kappa shape index (κ1) is 18.8. The van der Waals surface area contributed by atoms with Crippen molar-refractivity contribution in [3.63, 3.8) is 0 Å². The fourth-order valence-electron chi connectivity index (χ4n) is 2.35. The standard InChI is InChI=1S/C15H16N4O7/c1-7-9(19(23)24)6-8-12(18-15(26-3)14(17-8)25-2)11(7)13(22)16-5-4-10(20)21/h6H,4-5H2,1-3H3,(H,16,22)(H,20,21). The van der Waals surface area contributed by atoms with E-state index >= 15 is 0 Å². The molecule has 1 aromatic heterocycles. The average Bonchev–Trinajstić information content (AvgIpc) is 2.59. The van der Waals surface area contributed by atoms with Crippen molar-refractivity contribution in [2.75, 3.05) is 20.8 Å². The Morgan fingerprint density at radius 3 is 2.42 bits per heavy atom. The first-order valence-corrected chi connectivity index (χ1v) is 7.37. The van der Waals surface area contributed by atoms with Gasteiger partial charge in [0.15, 0.2) is 0 Å². The van der Waals surface area contributed by atoms with Gasteiger partial charge in [-0.2, -0.15) is 0 Å². The lowest BCUT2D eigenvalue weighted by Crippen LogP contribution is -2.27. The Hall–Kier alpha value is -3.50. The highest BCUT2D eigenvalue weighted by molar-refractivity contribution is 6.07. The van der Waals surface area contributed by atoms with Gasteiger partial charge in [0.1, 0.15) is 11.0 Å². The number of carboxylic acids is 1. The largest absolute Gasteiger partial charge is 0.481 e. The van der Waals surface area contributed by atoms with Crippen molar-refractivity contribution >= 4 is 28.6 Å². The summed E-state index contributed by atoms with van der Waals surface area (Å²) in [7, 11) is 2.67. The fraction of sp³-hybridized carbons (Fsp3) is 0.333. The van der Waals surface area contributed by atoms with Crippen LogP contribution in [0.4, 0.5) is 5.69 Å². The van der Waals surface area contributed by atoms with Crippen LogP contribution >= 0.6 is 0 Å². The lowest BCUT2D eigenvalue weighted by Gasteiger charge is -2.12. The zero-order chi connectivity index (χ0) is 19.4. The zero-order valence-electron chi connectivity index (χ0n) is 14.2. The average molecular weight is 364 g/mol. The van der Waals surface area contributed by atoms with Crippen LogP contribution < -0.4 is 14.8 Å². The van der Waals surface area contributed by atoms with Crippen LogP contribution in [-0.2, 0) is 4.79 Å². The van der Waals surface area contributed by atoms with Crippen LogP contribution in [0.15, 0.2) is 6.07 Å². The predicted molar refractivity (Wildman–Crippen MR) is 88.6 cm³/mol.